The molecule has 2 rings (SSSR count). The van der Waals surface area contributed by atoms with Crippen molar-refractivity contribution in [2.45, 2.75) is 40.2 Å². The first-order valence-electron chi connectivity index (χ1n) is 8.16. The van der Waals surface area contributed by atoms with Crippen LogP contribution in [0.25, 0.3) is 0 Å². The van der Waals surface area contributed by atoms with Crippen molar-refractivity contribution in [3.8, 4) is 0 Å². The number of anilines is 1. The lowest BCUT2D eigenvalue weighted by molar-refractivity contribution is 0.0932. The van der Waals surface area contributed by atoms with Crippen LogP contribution in [0.3, 0.4) is 0 Å². The maximum absolute atomic E-state index is 12.8. The largest absolute Gasteiger partial charge is 0.362 e. The molecule has 24 heavy (non-hydrogen) atoms. The average Bonchev–Trinajstić information content (AvgIpc) is 2.85. The normalized spacial score (nSPS) is 12.3. The highest BCUT2D eigenvalue weighted by molar-refractivity contribution is 7.11. The van der Waals surface area contributed by atoms with Gasteiger partial charge in [-0.2, -0.15) is 0 Å². The van der Waals surface area contributed by atoms with Crippen LogP contribution in [0, 0.1) is 19.8 Å². The van der Waals surface area contributed by atoms with E-state index in [1.54, 1.807) is 23.6 Å². The lowest BCUT2D eigenvalue weighted by Gasteiger charge is -2.21. The van der Waals surface area contributed by atoms with Gasteiger partial charge in [0.25, 0.3) is 5.91 Å². The Morgan fingerprint density at radius 1 is 1.33 bits per heavy atom. The minimum Gasteiger partial charge on any atom is -0.362 e. The van der Waals surface area contributed by atoms with E-state index < -0.39 is 0 Å². The average molecular weight is 347 g/mol. The molecule has 0 spiro atoms. The number of amides is 1. The zero-order valence-corrected chi connectivity index (χ0v) is 16.1. The lowest BCUT2D eigenvalue weighted by atomic mass is 10.0. The van der Waals surface area contributed by atoms with E-state index in [0.29, 0.717) is 17.3 Å². The maximum Gasteiger partial charge on any atom is 0.255 e. The van der Waals surface area contributed by atoms with Crippen molar-refractivity contribution in [2.75, 3.05) is 19.0 Å². The molecule has 2 aromatic heterocycles. The number of carbonyl (C=O) groups is 1. The Morgan fingerprint density at radius 3 is 2.58 bits per heavy atom. The third-order valence-electron chi connectivity index (χ3n) is 3.81. The third-order valence-corrected chi connectivity index (χ3v) is 5.00. The van der Waals surface area contributed by atoms with E-state index in [0.717, 1.165) is 17.1 Å². The van der Waals surface area contributed by atoms with E-state index in [9.17, 15) is 4.79 Å². The number of hydrogen-bond acceptors (Lipinski definition) is 5. The minimum absolute atomic E-state index is 0.0786. The smallest absolute Gasteiger partial charge is 0.255 e. The van der Waals surface area contributed by atoms with Crippen LogP contribution in [0.1, 0.15) is 52.2 Å². The summed E-state index contributed by atoms with van der Waals surface area (Å²) in [5.74, 6) is 1.02. The highest BCUT2D eigenvalue weighted by Crippen LogP contribution is 2.28. The molecular formula is C18H26N4OS. The van der Waals surface area contributed by atoms with Gasteiger partial charge in [-0.25, -0.2) is 9.97 Å². The highest BCUT2D eigenvalue weighted by atomic mass is 32.1. The molecule has 1 amide bonds. The van der Waals surface area contributed by atoms with Crippen LogP contribution in [-0.4, -0.2) is 30.0 Å². The summed E-state index contributed by atoms with van der Waals surface area (Å²) in [6.45, 7) is 8.38. The van der Waals surface area contributed by atoms with Gasteiger partial charge in [0.2, 0.25) is 0 Å². The number of aromatic nitrogens is 2. The van der Waals surface area contributed by atoms with Crippen molar-refractivity contribution < 1.29 is 4.79 Å². The molecule has 1 N–H and O–H groups in total. The number of rotatable bonds is 6. The van der Waals surface area contributed by atoms with Gasteiger partial charge in [-0.15, -0.1) is 11.3 Å². The lowest BCUT2D eigenvalue weighted by Crippen LogP contribution is -2.31. The van der Waals surface area contributed by atoms with E-state index in [1.807, 2.05) is 32.0 Å². The van der Waals surface area contributed by atoms with Crippen LogP contribution < -0.4 is 10.2 Å². The van der Waals surface area contributed by atoms with Gasteiger partial charge in [-0.05, 0) is 38.3 Å². The number of pyridine rings is 1. The monoisotopic (exact) mass is 346 g/mol. The molecule has 0 saturated heterocycles. The van der Waals surface area contributed by atoms with Crippen molar-refractivity contribution in [3.05, 3.63) is 39.5 Å². The molecule has 0 aromatic carbocycles. The van der Waals surface area contributed by atoms with Crippen molar-refractivity contribution in [3.63, 3.8) is 0 Å². The molecule has 0 fully saturated rings. The molecule has 1 unspecified atom stereocenters. The summed E-state index contributed by atoms with van der Waals surface area (Å²) in [5, 5.41) is 4.13. The molecule has 2 aromatic rings. The number of hydrogen-bond donors (Lipinski definition) is 1. The van der Waals surface area contributed by atoms with Crippen LogP contribution in [0.2, 0.25) is 0 Å². The van der Waals surface area contributed by atoms with Crippen molar-refractivity contribution in [2.24, 2.45) is 5.92 Å². The molecule has 6 heteroatoms. The van der Waals surface area contributed by atoms with Crippen LogP contribution in [-0.2, 0) is 0 Å². The summed E-state index contributed by atoms with van der Waals surface area (Å²) < 4.78 is 0. The highest BCUT2D eigenvalue weighted by Gasteiger charge is 2.23. The zero-order chi connectivity index (χ0) is 17.9. The Labute approximate surface area is 148 Å². The fourth-order valence-electron chi connectivity index (χ4n) is 2.51. The molecule has 0 bridgehead atoms. The minimum atomic E-state index is -0.108. The van der Waals surface area contributed by atoms with Crippen LogP contribution in [0.5, 0.6) is 0 Å². The van der Waals surface area contributed by atoms with E-state index in [1.165, 1.54) is 4.88 Å². The van der Waals surface area contributed by atoms with Gasteiger partial charge in [0.05, 0.1) is 17.3 Å². The van der Waals surface area contributed by atoms with E-state index in [-0.39, 0.29) is 11.9 Å². The van der Waals surface area contributed by atoms with Crippen molar-refractivity contribution in [1.29, 1.82) is 0 Å². The molecular weight excluding hydrogens is 320 g/mol. The maximum atomic E-state index is 12.8. The van der Waals surface area contributed by atoms with Crippen molar-refractivity contribution >= 4 is 23.1 Å². The van der Waals surface area contributed by atoms with E-state index in [4.69, 9.17) is 0 Å². The Hall–Kier alpha value is -1.95. The number of aryl methyl sites for hydroxylation is 2. The number of nitrogens with one attached hydrogen (secondary N) is 1. The fraction of sp³-hybridized carbons (Fsp3) is 0.500. The summed E-state index contributed by atoms with van der Waals surface area (Å²) in [6, 6.07) is 3.52. The molecule has 1 atom stereocenters. The number of nitrogens with zero attached hydrogens (tertiary/aromatic N) is 3. The summed E-state index contributed by atoms with van der Waals surface area (Å²) in [4.78, 5) is 24.8. The van der Waals surface area contributed by atoms with E-state index >= 15 is 0 Å². The summed E-state index contributed by atoms with van der Waals surface area (Å²) in [6.07, 6.45) is 2.56. The van der Waals surface area contributed by atoms with Gasteiger partial charge in [0.15, 0.2) is 0 Å². The van der Waals surface area contributed by atoms with Crippen LogP contribution >= 0.6 is 11.3 Å². The molecule has 0 saturated carbocycles. The predicted octanol–water partition coefficient (Wildman–Crippen LogP) is 3.74. The first-order chi connectivity index (χ1) is 11.3. The van der Waals surface area contributed by atoms with Gasteiger partial charge >= 0.3 is 0 Å². The predicted molar refractivity (Wildman–Crippen MR) is 99.8 cm³/mol. The molecule has 0 aliphatic heterocycles. The SMILES string of the molecule is Cc1nc(C(CC(C)C)NC(=O)c2cccnc2N(C)C)sc1C. The molecule has 0 aliphatic rings. The van der Waals surface area contributed by atoms with Gasteiger partial charge < -0.3 is 10.2 Å². The molecule has 2 heterocycles. The van der Waals surface area contributed by atoms with Crippen LogP contribution in [0.4, 0.5) is 5.82 Å². The first kappa shape index (κ1) is 18.4. The number of carbonyl (C=O) groups excluding carboxylic acids is 1. The second-order valence-corrected chi connectivity index (χ2v) is 7.85. The van der Waals surface area contributed by atoms with Gasteiger partial charge in [0.1, 0.15) is 10.8 Å². The van der Waals surface area contributed by atoms with E-state index in [2.05, 4.69) is 36.1 Å². The molecule has 0 radical (unpaired) electrons. The topological polar surface area (TPSA) is 58.1 Å². The van der Waals surface area contributed by atoms with Gasteiger partial charge in [0, 0.05) is 25.2 Å². The molecule has 5 nitrogen and oxygen atoms in total. The third kappa shape index (κ3) is 4.32. The first-order valence-corrected chi connectivity index (χ1v) is 8.98. The Morgan fingerprint density at radius 2 is 2.04 bits per heavy atom. The fourth-order valence-corrected chi connectivity index (χ4v) is 3.49. The quantitative estimate of drug-likeness (QED) is 0.866. The van der Waals surface area contributed by atoms with Crippen molar-refractivity contribution in [1.82, 2.24) is 15.3 Å². The van der Waals surface area contributed by atoms with Crippen LogP contribution in [0.15, 0.2) is 18.3 Å². The second kappa shape index (κ2) is 7.75. The Bertz CT molecular complexity index is 689. The Balaban J connectivity index is 2.28. The number of thiazole rings is 1. The standard InChI is InChI=1S/C18H26N4OS/c1-11(2)10-15(18-20-12(3)13(4)24-18)21-17(23)14-8-7-9-19-16(14)22(5)6/h7-9,11,15H,10H2,1-6H3,(H,21,23). The summed E-state index contributed by atoms with van der Waals surface area (Å²) in [5.41, 5.74) is 1.62. The Kier molecular flexibility index (Phi) is 5.94. The van der Waals surface area contributed by atoms with Gasteiger partial charge in [-0.1, -0.05) is 13.8 Å². The molecule has 0 aliphatic carbocycles. The summed E-state index contributed by atoms with van der Waals surface area (Å²) in [7, 11) is 3.77. The summed E-state index contributed by atoms with van der Waals surface area (Å²) >= 11 is 1.66. The molecule has 130 valence electrons. The second-order valence-electron chi connectivity index (χ2n) is 6.62. The zero-order valence-electron chi connectivity index (χ0n) is 15.3. The van der Waals surface area contributed by atoms with Gasteiger partial charge in [-0.3, -0.25) is 4.79 Å².